The first kappa shape index (κ1) is 11.3. The SMILES string of the molecule is Cn1nnnc1N(CCBr)CC(F)F. The minimum absolute atomic E-state index is 0.352. The molecule has 0 unspecified atom stereocenters. The summed E-state index contributed by atoms with van der Waals surface area (Å²) in [6.07, 6.45) is -2.40. The second-order valence-corrected chi connectivity index (χ2v) is 3.42. The van der Waals surface area contributed by atoms with Crippen LogP contribution in [-0.4, -0.2) is 45.1 Å². The molecular formula is C6H10BrF2N5. The van der Waals surface area contributed by atoms with Crippen LogP contribution in [0.4, 0.5) is 14.7 Å². The second kappa shape index (κ2) is 5.18. The highest BCUT2D eigenvalue weighted by molar-refractivity contribution is 9.09. The molecule has 0 radical (unpaired) electrons. The summed E-state index contributed by atoms with van der Waals surface area (Å²) >= 11 is 3.19. The van der Waals surface area contributed by atoms with Gasteiger partial charge < -0.3 is 4.90 Å². The molecule has 0 saturated heterocycles. The average Bonchev–Trinajstić information content (AvgIpc) is 2.50. The van der Waals surface area contributed by atoms with Gasteiger partial charge in [-0.25, -0.2) is 13.5 Å². The lowest BCUT2D eigenvalue weighted by atomic mass is 10.5. The van der Waals surface area contributed by atoms with E-state index >= 15 is 0 Å². The van der Waals surface area contributed by atoms with Gasteiger partial charge in [-0.1, -0.05) is 21.0 Å². The molecule has 0 saturated carbocycles. The zero-order valence-electron chi connectivity index (χ0n) is 7.57. The summed E-state index contributed by atoms with van der Waals surface area (Å²) in [5.41, 5.74) is 0. The molecular weight excluding hydrogens is 260 g/mol. The second-order valence-electron chi connectivity index (χ2n) is 2.63. The molecule has 0 spiro atoms. The average molecular weight is 270 g/mol. The van der Waals surface area contributed by atoms with Crippen LogP contribution in [0.1, 0.15) is 0 Å². The Morgan fingerprint density at radius 2 is 2.29 bits per heavy atom. The Morgan fingerprint density at radius 3 is 2.71 bits per heavy atom. The number of hydrogen-bond acceptors (Lipinski definition) is 4. The van der Waals surface area contributed by atoms with Crippen molar-refractivity contribution < 1.29 is 8.78 Å². The molecule has 0 aliphatic rings. The van der Waals surface area contributed by atoms with Gasteiger partial charge in [0.15, 0.2) is 0 Å². The van der Waals surface area contributed by atoms with Gasteiger partial charge in [-0.05, 0) is 10.4 Å². The van der Waals surface area contributed by atoms with Crippen LogP contribution in [0.3, 0.4) is 0 Å². The summed E-state index contributed by atoms with van der Waals surface area (Å²) in [4.78, 5) is 1.43. The lowest BCUT2D eigenvalue weighted by molar-refractivity contribution is 0.154. The molecule has 0 atom stereocenters. The van der Waals surface area contributed by atoms with Gasteiger partial charge in [0.2, 0.25) is 5.95 Å². The molecule has 0 aliphatic heterocycles. The summed E-state index contributed by atoms with van der Waals surface area (Å²) in [5.74, 6) is 0.352. The fourth-order valence-electron chi connectivity index (χ4n) is 1.03. The van der Waals surface area contributed by atoms with Crippen LogP contribution in [0.5, 0.6) is 0 Å². The lowest BCUT2D eigenvalue weighted by Crippen LogP contribution is -2.32. The van der Waals surface area contributed by atoms with Crippen molar-refractivity contribution in [2.75, 3.05) is 23.3 Å². The normalized spacial score (nSPS) is 10.9. The molecule has 0 N–H and O–H groups in total. The van der Waals surface area contributed by atoms with Crippen molar-refractivity contribution in [1.29, 1.82) is 0 Å². The van der Waals surface area contributed by atoms with Gasteiger partial charge in [-0.15, -0.1) is 0 Å². The molecule has 0 amide bonds. The number of nitrogens with zero attached hydrogens (tertiary/aromatic N) is 5. The van der Waals surface area contributed by atoms with E-state index in [1.54, 1.807) is 7.05 Å². The molecule has 1 aromatic rings. The predicted octanol–water partition coefficient (Wildman–Crippen LogP) is 0.676. The van der Waals surface area contributed by atoms with Gasteiger partial charge in [0.05, 0.1) is 6.54 Å². The van der Waals surface area contributed by atoms with E-state index in [4.69, 9.17) is 0 Å². The minimum atomic E-state index is -2.40. The predicted molar refractivity (Wildman–Crippen MR) is 50.8 cm³/mol. The molecule has 80 valence electrons. The zero-order chi connectivity index (χ0) is 10.6. The molecule has 0 fully saturated rings. The first-order chi connectivity index (χ1) is 6.65. The molecule has 0 aliphatic carbocycles. The molecule has 0 bridgehead atoms. The van der Waals surface area contributed by atoms with E-state index in [0.717, 1.165) is 0 Å². The van der Waals surface area contributed by atoms with E-state index in [1.807, 2.05) is 0 Å². The van der Waals surface area contributed by atoms with Crippen LogP contribution < -0.4 is 4.90 Å². The first-order valence-electron chi connectivity index (χ1n) is 3.96. The molecule has 8 heteroatoms. The third-order valence-corrected chi connectivity index (χ3v) is 1.95. The Hall–Kier alpha value is -0.790. The molecule has 1 aromatic heterocycles. The summed E-state index contributed by atoms with van der Waals surface area (Å²) < 4.78 is 25.8. The largest absolute Gasteiger partial charge is 0.333 e. The number of rotatable bonds is 5. The Kier molecular flexibility index (Phi) is 4.18. The van der Waals surface area contributed by atoms with E-state index in [1.165, 1.54) is 9.58 Å². The molecule has 5 nitrogen and oxygen atoms in total. The molecule has 14 heavy (non-hydrogen) atoms. The van der Waals surface area contributed by atoms with Crippen molar-refractivity contribution in [3.63, 3.8) is 0 Å². The highest BCUT2D eigenvalue weighted by Gasteiger charge is 2.16. The van der Waals surface area contributed by atoms with E-state index in [0.29, 0.717) is 17.8 Å². The molecule has 0 aromatic carbocycles. The Bertz CT molecular complexity index is 279. The van der Waals surface area contributed by atoms with Crippen molar-refractivity contribution >= 4 is 21.9 Å². The third kappa shape index (κ3) is 2.86. The maximum atomic E-state index is 12.2. The Labute approximate surface area is 88.2 Å². The Morgan fingerprint density at radius 1 is 1.57 bits per heavy atom. The van der Waals surface area contributed by atoms with Crippen molar-refractivity contribution in [3.05, 3.63) is 0 Å². The van der Waals surface area contributed by atoms with E-state index in [2.05, 4.69) is 31.5 Å². The number of alkyl halides is 3. The van der Waals surface area contributed by atoms with Crippen LogP contribution in [0, 0.1) is 0 Å². The van der Waals surface area contributed by atoms with Crippen LogP contribution >= 0.6 is 15.9 Å². The standard InChI is InChI=1S/C6H10BrF2N5/c1-13-6(10-11-12-13)14(3-2-7)4-5(8)9/h5H,2-4H2,1H3. The van der Waals surface area contributed by atoms with E-state index in [-0.39, 0.29) is 6.54 Å². The quantitative estimate of drug-likeness (QED) is 0.738. The van der Waals surface area contributed by atoms with Gasteiger partial charge in [0.25, 0.3) is 6.43 Å². The Balaban J connectivity index is 2.72. The van der Waals surface area contributed by atoms with Crippen molar-refractivity contribution in [1.82, 2.24) is 20.2 Å². The number of halogens is 3. The third-order valence-electron chi connectivity index (χ3n) is 1.59. The smallest absolute Gasteiger partial charge is 0.255 e. The maximum Gasteiger partial charge on any atom is 0.255 e. The van der Waals surface area contributed by atoms with E-state index < -0.39 is 6.43 Å². The highest BCUT2D eigenvalue weighted by Crippen LogP contribution is 2.09. The van der Waals surface area contributed by atoms with Crippen LogP contribution in [-0.2, 0) is 7.05 Å². The van der Waals surface area contributed by atoms with Gasteiger partial charge >= 0.3 is 0 Å². The number of anilines is 1. The van der Waals surface area contributed by atoms with Crippen LogP contribution in [0.2, 0.25) is 0 Å². The number of hydrogen-bond donors (Lipinski definition) is 0. The highest BCUT2D eigenvalue weighted by atomic mass is 79.9. The lowest BCUT2D eigenvalue weighted by Gasteiger charge is -2.20. The topological polar surface area (TPSA) is 46.8 Å². The fourth-order valence-corrected chi connectivity index (χ4v) is 1.46. The van der Waals surface area contributed by atoms with Crippen molar-refractivity contribution in [3.8, 4) is 0 Å². The van der Waals surface area contributed by atoms with Gasteiger partial charge in [-0.2, -0.15) is 0 Å². The minimum Gasteiger partial charge on any atom is -0.333 e. The summed E-state index contributed by atoms with van der Waals surface area (Å²) in [6, 6.07) is 0. The fraction of sp³-hybridized carbons (Fsp3) is 0.833. The monoisotopic (exact) mass is 269 g/mol. The van der Waals surface area contributed by atoms with E-state index in [9.17, 15) is 8.78 Å². The van der Waals surface area contributed by atoms with Crippen molar-refractivity contribution in [2.24, 2.45) is 7.05 Å². The number of aryl methyl sites for hydroxylation is 1. The maximum absolute atomic E-state index is 12.2. The van der Waals surface area contributed by atoms with Crippen LogP contribution in [0.15, 0.2) is 0 Å². The summed E-state index contributed by atoms with van der Waals surface area (Å²) in [7, 11) is 1.61. The summed E-state index contributed by atoms with van der Waals surface area (Å²) in [6.45, 7) is 0.0817. The van der Waals surface area contributed by atoms with Gasteiger partial charge in [0, 0.05) is 18.9 Å². The van der Waals surface area contributed by atoms with Crippen molar-refractivity contribution in [2.45, 2.75) is 6.43 Å². The van der Waals surface area contributed by atoms with Gasteiger partial charge in [0.1, 0.15) is 0 Å². The zero-order valence-corrected chi connectivity index (χ0v) is 9.15. The number of aromatic nitrogens is 4. The number of tetrazole rings is 1. The van der Waals surface area contributed by atoms with Gasteiger partial charge in [-0.3, -0.25) is 0 Å². The summed E-state index contributed by atoms with van der Waals surface area (Å²) in [5, 5.41) is 11.2. The first-order valence-corrected chi connectivity index (χ1v) is 5.08. The molecule has 1 heterocycles. The molecule has 1 rings (SSSR count). The van der Waals surface area contributed by atoms with Crippen LogP contribution in [0.25, 0.3) is 0 Å².